The van der Waals surface area contributed by atoms with Crippen molar-refractivity contribution in [1.29, 1.82) is 0 Å². The predicted molar refractivity (Wildman–Crippen MR) is 106 cm³/mol. The summed E-state index contributed by atoms with van der Waals surface area (Å²) in [7, 11) is 0. The largest absolute Gasteiger partial charge is 0.352 e. The van der Waals surface area contributed by atoms with E-state index in [1.807, 2.05) is 30.3 Å². The molecule has 27 heavy (non-hydrogen) atoms. The molecular weight excluding hydrogens is 338 g/mol. The van der Waals surface area contributed by atoms with Crippen molar-refractivity contribution in [2.24, 2.45) is 0 Å². The van der Waals surface area contributed by atoms with Gasteiger partial charge in [0, 0.05) is 19.5 Å². The Morgan fingerprint density at radius 3 is 2.63 bits per heavy atom. The van der Waals surface area contributed by atoms with Gasteiger partial charge in [0.1, 0.15) is 0 Å². The van der Waals surface area contributed by atoms with Gasteiger partial charge in [-0.05, 0) is 34.5 Å². The monoisotopic (exact) mass is 357 g/mol. The molecule has 0 aliphatic heterocycles. The molecule has 5 heteroatoms. The number of amides is 1. The molecule has 0 fully saturated rings. The zero-order chi connectivity index (χ0) is 18.6. The van der Waals surface area contributed by atoms with E-state index in [1.54, 1.807) is 12.1 Å². The molecule has 0 unspecified atom stereocenters. The van der Waals surface area contributed by atoms with Gasteiger partial charge < -0.3 is 5.32 Å². The summed E-state index contributed by atoms with van der Waals surface area (Å²) >= 11 is 0. The fourth-order valence-corrected chi connectivity index (χ4v) is 3.13. The van der Waals surface area contributed by atoms with Crippen LogP contribution >= 0.6 is 0 Å². The van der Waals surface area contributed by atoms with Crippen molar-refractivity contribution in [1.82, 2.24) is 14.9 Å². The highest BCUT2D eigenvalue weighted by Crippen LogP contribution is 2.15. The zero-order valence-corrected chi connectivity index (χ0v) is 14.8. The number of carbonyl (C=O) groups excluding carboxylic acids is 1. The summed E-state index contributed by atoms with van der Waals surface area (Å²) in [6, 6.07) is 21.5. The second kappa shape index (κ2) is 7.41. The van der Waals surface area contributed by atoms with E-state index in [0.717, 1.165) is 10.9 Å². The van der Waals surface area contributed by atoms with E-state index in [4.69, 9.17) is 0 Å². The smallest absolute Gasteiger partial charge is 0.261 e. The van der Waals surface area contributed by atoms with Crippen molar-refractivity contribution in [2.45, 2.75) is 19.5 Å². The van der Waals surface area contributed by atoms with Crippen LogP contribution in [0.2, 0.25) is 0 Å². The number of hydrogen-bond donors (Lipinski definition) is 1. The van der Waals surface area contributed by atoms with E-state index >= 15 is 0 Å². The summed E-state index contributed by atoms with van der Waals surface area (Å²) in [5.41, 5.74) is 1.59. The molecule has 0 saturated carbocycles. The van der Waals surface area contributed by atoms with Crippen LogP contribution in [0.25, 0.3) is 21.7 Å². The molecule has 0 aliphatic carbocycles. The molecule has 134 valence electrons. The Morgan fingerprint density at radius 1 is 0.963 bits per heavy atom. The molecule has 4 rings (SSSR count). The van der Waals surface area contributed by atoms with Gasteiger partial charge >= 0.3 is 0 Å². The van der Waals surface area contributed by atoms with Crippen LogP contribution in [-0.2, 0) is 17.9 Å². The lowest BCUT2D eigenvalue weighted by Crippen LogP contribution is -2.27. The predicted octanol–water partition coefficient (Wildman–Crippen LogP) is 3.26. The molecule has 0 radical (unpaired) electrons. The number of hydrogen-bond acceptors (Lipinski definition) is 3. The molecule has 0 bridgehead atoms. The van der Waals surface area contributed by atoms with Gasteiger partial charge in [-0.2, -0.15) is 0 Å². The maximum Gasteiger partial charge on any atom is 0.261 e. The topological polar surface area (TPSA) is 64.0 Å². The summed E-state index contributed by atoms with van der Waals surface area (Å²) in [4.78, 5) is 28.9. The highest BCUT2D eigenvalue weighted by Gasteiger charge is 2.06. The highest BCUT2D eigenvalue weighted by molar-refractivity contribution is 5.83. The normalized spacial score (nSPS) is 11.0. The van der Waals surface area contributed by atoms with Gasteiger partial charge in [0.25, 0.3) is 5.56 Å². The van der Waals surface area contributed by atoms with Gasteiger partial charge in [-0.1, -0.05) is 48.5 Å². The van der Waals surface area contributed by atoms with E-state index < -0.39 is 0 Å². The Balaban J connectivity index is 1.38. The second-order valence-electron chi connectivity index (χ2n) is 6.47. The molecule has 5 nitrogen and oxygen atoms in total. The summed E-state index contributed by atoms with van der Waals surface area (Å²) in [6.07, 6.45) is 1.73. The lowest BCUT2D eigenvalue weighted by Gasteiger charge is -2.08. The summed E-state index contributed by atoms with van der Waals surface area (Å²) in [5.74, 6) is -0.0942. The number of benzene rings is 3. The Morgan fingerprint density at radius 2 is 1.74 bits per heavy atom. The van der Waals surface area contributed by atoms with Gasteiger partial charge in [-0.15, -0.1) is 0 Å². The maximum atomic E-state index is 12.4. The number of nitrogens with zero attached hydrogens (tertiary/aromatic N) is 2. The average Bonchev–Trinajstić information content (AvgIpc) is 2.72. The Kier molecular flexibility index (Phi) is 4.66. The average molecular weight is 357 g/mol. The summed E-state index contributed by atoms with van der Waals surface area (Å²) < 4.78 is 1.48. The minimum Gasteiger partial charge on any atom is -0.352 e. The molecule has 1 N–H and O–H groups in total. The Labute approximate surface area is 156 Å². The first kappa shape index (κ1) is 17.0. The van der Waals surface area contributed by atoms with Gasteiger partial charge in [-0.25, -0.2) is 4.98 Å². The number of fused-ring (bicyclic) bond motifs is 2. The van der Waals surface area contributed by atoms with E-state index in [-0.39, 0.29) is 17.9 Å². The third kappa shape index (κ3) is 3.72. The lowest BCUT2D eigenvalue weighted by atomic mass is 10.1. The molecule has 3 aromatic carbocycles. The number of nitrogens with one attached hydrogen (secondary N) is 1. The standard InChI is InChI=1S/C22H19N3O2/c26-21(23-14-16-9-10-17-5-1-2-6-18(17)13-16)11-12-25-15-24-20-8-4-3-7-19(20)22(25)27/h1-10,13,15H,11-12,14H2,(H,23,26). The van der Waals surface area contributed by atoms with Crippen molar-refractivity contribution in [2.75, 3.05) is 0 Å². The molecule has 0 aliphatic rings. The summed E-state index contributed by atoms with van der Waals surface area (Å²) in [6.45, 7) is 0.773. The van der Waals surface area contributed by atoms with Crippen LogP contribution in [0.1, 0.15) is 12.0 Å². The first-order chi connectivity index (χ1) is 13.2. The highest BCUT2D eigenvalue weighted by atomic mass is 16.1. The van der Waals surface area contributed by atoms with E-state index in [2.05, 4.69) is 34.6 Å². The SMILES string of the molecule is O=C(CCn1cnc2ccccc2c1=O)NCc1ccc2ccccc2c1. The molecule has 0 atom stereocenters. The molecule has 1 amide bonds. The number of aryl methyl sites for hydroxylation is 1. The van der Waals surface area contributed by atoms with E-state index in [1.165, 1.54) is 16.3 Å². The van der Waals surface area contributed by atoms with Crippen LogP contribution in [0, 0.1) is 0 Å². The van der Waals surface area contributed by atoms with Crippen LogP contribution in [0.15, 0.2) is 77.9 Å². The summed E-state index contributed by atoms with van der Waals surface area (Å²) in [5, 5.41) is 5.81. The van der Waals surface area contributed by atoms with Crippen molar-refractivity contribution < 1.29 is 4.79 Å². The number of aromatic nitrogens is 2. The maximum absolute atomic E-state index is 12.4. The first-order valence-corrected chi connectivity index (χ1v) is 8.89. The molecular formula is C22H19N3O2. The van der Waals surface area contributed by atoms with Crippen LogP contribution in [0.4, 0.5) is 0 Å². The minimum atomic E-state index is -0.122. The minimum absolute atomic E-state index is 0.0942. The molecule has 1 aromatic heterocycles. The van der Waals surface area contributed by atoms with Crippen LogP contribution < -0.4 is 10.9 Å². The van der Waals surface area contributed by atoms with Crippen LogP contribution in [-0.4, -0.2) is 15.5 Å². The van der Waals surface area contributed by atoms with Gasteiger partial charge in [0.15, 0.2) is 0 Å². The van der Waals surface area contributed by atoms with Crippen molar-refractivity contribution in [3.63, 3.8) is 0 Å². The van der Waals surface area contributed by atoms with Crippen molar-refractivity contribution in [3.8, 4) is 0 Å². The molecule has 1 heterocycles. The van der Waals surface area contributed by atoms with Gasteiger partial charge in [0.2, 0.25) is 5.91 Å². The van der Waals surface area contributed by atoms with Gasteiger partial charge in [0.05, 0.1) is 17.2 Å². The first-order valence-electron chi connectivity index (χ1n) is 8.89. The number of carbonyl (C=O) groups is 1. The Bertz CT molecular complexity index is 1180. The van der Waals surface area contributed by atoms with Crippen molar-refractivity contribution >= 4 is 27.6 Å². The molecule has 4 aromatic rings. The fourth-order valence-electron chi connectivity index (χ4n) is 3.13. The van der Waals surface area contributed by atoms with Crippen molar-refractivity contribution in [3.05, 3.63) is 89.0 Å². The van der Waals surface area contributed by atoms with Crippen LogP contribution in [0.3, 0.4) is 0 Å². The molecule has 0 spiro atoms. The Hall–Kier alpha value is -3.47. The zero-order valence-electron chi connectivity index (χ0n) is 14.8. The van der Waals surface area contributed by atoms with E-state index in [9.17, 15) is 9.59 Å². The molecule has 0 saturated heterocycles. The third-order valence-electron chi connectivity index (χ3n) is 4.61. The fraction of sp³-hybridized carbons (Fsp3) is 0.136. The number of rotatable bonds is 5. The van der Waals surface area contributed by atoms with Crippen LogP contribution in [0.5, 0.6) is 0 Å². The van der Waals surface area contributed by atoms with E-state index in [0.29, 0.717) is 24.0 Å². The third-order valence-corrected chi connectivity index (χ3v) is 4.61. The second-order valence-corrected chi connectivity index (χ2v) is 6.47. The quantitative estimate of drug-likeness (QED) is 0.596. The lowest BCUT2D eigenvalue weighted by molar-refractivity contribution is -0.121. The number of para-hydroxylation sites is 1. The van der Waals surface area contributed by atoms with Gasteiger partial charge in [-0.3, -0.25) is 14.2 Å².